The molecule has 0 radical (unpaired) electrons. The molecule has 0 saturated heterocycles. The summed E-state index contributed by atoms with van der Waals surface area (Å²) in [6, 6.07) is 6.58. The van der Waals surface area contributed by atoms with Crippen molar-refractivity contribution in [1.82, 2.24) is 0 Å². The highest BCUT2D eigenvalue weighted by Gasteiger charge is 2.11. The van der Waals surface area contributed by atoms with E-state index < -0.39 is 11.9 Å². The van der Waals surface area contributed by atoms with E-state index in [1.165, 1.54) is 0 Å². The SMILES string of the molecule is COCc1cccc(C(N)C(N)=O)c1. The quantitative estimate of drug-likeness (QED) is 0.724. The first kappa shape index (κ1) is 10.7. The molecule has 14 heavy (non-hydrogen) atoms. The molecule has 0 bridgehead atoms. The van der Waals surface area contributed by atoms with Crippen LogP contribution in [0.2, 0.25) is 0 Å². The van der Waals surface area contributed by atoms with Crippen LogP contribution in [0.3, 0.4) is 0 Å². The summed E-state index contributed by atoms with van der Waals surface area (Å²) in [5.41, 5.74) is 12.4. The first-order valence-electron chi connectivity index (χ1n) is 4.28. The average molecular weight is 194 g/mol. The monoisotopic (exact) mass is 194 g/mol. The van der Waals surface area contributed by atoms with Crippen LogP contribution in [0.5, 0.6) is 0 Å². The Morgan fingerprint density at radius 3 is 2.86 bits per heavy atom. The van der Waals surface area contributed by atoms with Crippen LogP contribution in [0.25, 0.3) is 0 Å². The first-order chi connectivity index (χ1) is 6.65. The highest BCUT2D eigenvalue weighted by Crippen LogP contribution is 2.12. The number of ether oxygens (including phenoxy) is 1. The molecule has 0 aliphatic heterocycles. The van der Waals surface area contributed by atoms with E-state index in [2.05, 4.69) is 0 Å². The summed E-state index contributed by atoms with van der Waals surface area (Å²) in [5.74, 6) is -0.528. The van der Waals surface area contributed by atoms with Crippen molar-refractivity contribution in [1.29, 1.82) is 0 Å². The second kappa shape index (κ2) is 4.74. The van der Waals surface area contributed by atoms with Gasteiger partial charge in [0, 0.05) is 7.11 Å². The highest BCUT2D eigenvalue weighted by molar-refractivity contribution is 5.81. The molecule has 1 aromatic rings. The summed E-state index contributed by atoms with van der Waals surface area (Å²) in [5, 5.41) is 0. The largest absolute Gasteiger partial charge is 0.380 e. The minimum absolute atomic E-state index is 0.499. The Labute approximate surface area is 82.8 Å². The predicted molar refractivity (Wildman–Crippen MR) is 53.3 cm³/mol. The Morgan fingerprint density at radius 2 is 2.29 bits per heavy atom. The van der Waals surface area contributed by atoms with Crippen molar-refractivity contribution in [3.63, 3.8) is 0 Å². The Bertz CT molecular complexity index is 326. The predicted octanol–water partition coefficient (Wildman–Crippen LogP) is 0.318. The van der Waals surface area contributed by atoms with Crippen molar-refractivity contribution < 1.29 is 9.53 Å². The van der Waals surface area contributed by atoms with Crippen molar-refractivity contribution in [3.05, 3.63) is 35.4 Å². The Balaban J connectivity index is 2.87. The van der Waals surface area contributed by atoms with Crippen molar-refractivity contribution in [2.45, 2.75) is 12.6 Å². The zero-order valence-electron chi connectivity index (χ0n) is 8.07. The Hall–Kier alpha value is -1.39. The third-order valence-electron chi connectivity index (χ3n) is 1.93. The molecule has 0 fully saturated rings. The van der Waals surface area contributed by atoms with Gasteiger partial charge in [-0.1, -0.05) is 24.3 Å². The molecule has 1 aromatic carbocycles. The van der Waals surface area contributed by atoms with E-state index in [9.17, 15) is 4.79 Å². The fraction of sp³-hybridized carbons (Fsp3) is 0.300. The van der Waals surface area contributed by atoms with Crippen molar-refractivity contribution >= 4 is 5.91 Å². The van der Waals surface area contributed by atoms with E-state index in [4.69, 9.17) is 16.2 Å². The van der Waals surface area contributed by atoms with Gasteiger partial charge in [-0.25, -0.2) is 0 Å². The lowest BCUT2D eigenvalue weighted by Gasteiger charge is -2.09. The van der Waals surface area contributed by atoms with Crippen LogP contribution < -0.4 is 11.5 Å². The molecule has 0 aliphatic carbocycles. The van der Waals surface area contributed by atoms with E-state index in [-0.39, 0.29) is 0 Å². The second-order valence-electron chi connectivity index (χ2n) is 3.06. The zero-order chi connectivity index (χ0) is 10.6. The summed E-state index contributed by atoms with van der Waals surface area (Å²) in [7, 11) is 1.61. The van der Waals surface area contributed by atoms with Gasteiger partial charge in [0.25, 0.3) is 0 Å². The number of methoxy groups -OCH3 is 1. The van der Waals surface area contributed by atoms with E-state index in [1.54, 1.807) is 13.2 Å². The van der Waals surface area contributed by atoms with Gasteiger partial charge in [0.15, 0.2) is 0 Å². The number of carbonyl (C=O) groups excluding carboxylic acids is 1. The second-order valence-corrected chi connectivity index (χ2v) is 3.06. The van der Waals surface area contributed by atoms with Gasteiger partial charge in [0.05, 0.1) is 6.61 Å². The molecule has 1 amide bonds. The minimum atomic E-state index is -0.744. The van der Waals surface area contributed by atoms with Gasteiger partial charge >= 0.3 is 0 Å². The molecule has 1 unspecified atom stereocenters. The number of hydrogen-bond donors (Lipinski definition) is 2. The Kier molecular flexibility index (Phi) is 3.62. The summed E-state index contributed by atoms with van der Waals surface area (Å²) >= 11 is 0. The van der Waals surface area contributed by atoms with Gasteiger partial charge in [-0.3, -0.25) is 4.79 Å². The number of nitrogens with two attached hydrogens (primary N) is 2. The van der Waals surface area contributed by atoms with E-state index >= 15 is 0 Å². The molecular weight excluding hydrogens is 180 g/mol. The van der Waals surface area contributed by atoms with Gasteiger partial charge in [0.2, 0.25) is 5.91 Å². The van der Waals surface area contributed by atoms with Crippen molar-refractivity contribution in [2.75, 3.05) is 7.11 Å². The van der Waals surface area contributed by atoms with Gasteiger partial charge in [-0.05, 0) is 11.1 Å². The van der Waals surface area contributed by atoms with Crippen molar-refractivity contribution in [3.8, 4) is 0 Å². The minimum Gasteiger partial charge on any atom is -0.380 e. The van der Waals surface area contributed by atoms with Crippen LogP contribution in [0.1, 0.15) is 17.2 Å². The maximum absolute atomic E-state index is 10.8. The third-order valence-corrected chi connectivity index (χ3v) is 1.93. The number of carbonyl (C=O) groups is 1. The zero-order valence-corrected chi connectivity index (χ0v) is 8.07. The molecule has 4 N–H and O–H groups in total. The molecule has 0 aliphatic rings. The van der Waals surface area contributed by atoms with E-state index in [1.807, 2.05) is 18.2 Å². The molecule has 0 heterocycles. The lowest BCUT2D eigenvalue weighted by Crippen LogP contribution is -2.28. The van der Waals surface area contributed by atoms with Gasteiger partial charge in [0.1, 0.15) is 6.04 Å². The topological polar surface area (TPSA) is 78.3 Å². The number of hydrogen-bond acceptors (Lipinski definition) is 3. The number of amides is 1. The van der Waals surface area contributed by atoms with Crippen LogP contribution in [0.15, 0.2) is 24.3 Å². The van der Waals surface area contributed by atoms with Crippen LogP contribution in [-0.2, 0) is 16.1 Å². The van der Waals surface area contributed by atoms with Crippen molar-refractivity contribution in [2.24, 2.45) is 11.5 Å². The molecule has 0 spiro atoms. The number of primary amides is 1. The van der Waals surface area contributed by atoms with Gasteiger partial charge in [-0.2, -0.15) is 0 Å². The molecule has 76 valence electrons. The first-order valence-corrected chi connectivity index (χ1v) is 4.28. The summed E-state index contributed by atoms with van der Waals surface area (Å²) in [6.45, 7) is 0.499. The number of benzene rings is 1. The summed E-state index contributed by atoms with van der Waals surface area (Å²) in [6.07, 6.45) is 0. The highest BCUT2D eigenvalue weighted by atomic mass is 16.5. The standard InChI is InChI=1S/C10H14N2O2/c1-14-6-7-3-2-4-8(5-7)9(11)10(12)13/h2-5,9H,6,11H2,1H3,(H2,12,13). The van der Waals surface area contributed by atoms with Crippen LogP contribution in [0, 0.1) is 0 Å². The molecular formula is C10H14N2O2. The van der Waals surface area contributed by atoms with E-state index in [0.717, 1.165) is 5.56 Å². The normalized spacial score (nSPS) is 12.4. The smallest absolute Gasteiger partial charge is 0.238 e. The van der Waals surface area contributed by atoms with Crippen LogP contribution in [-0.4, -0.2) is 13.0 Å². The van der Waals surface area contributed by atoms with Gasteiger partial charge in [-0.15, -0.1) is 0 Å². The Morgan fingerprint density at radius 1 is 1.57 bits per heavy atom. The van der Waals surface area contributed by atoms with Crippen LogP contribution >= 0.6 is 0 Å². The number of rotatable bonds is 4. The maximum atomic E-state index is 10.8. The summed E-state index contributed by atoms with van der Waals surface area (Å²) < 4.78 is 4.97. The lowest BCUT2D eigenvalue weighted by atomic mass is 10.0. The van der Waals surface area contributed by atoms with Crippen LogP contribution in [0.4, 0.5) is 0 Å². The molecule has 0 saturated carbocycles. The van der Waals surface area contributed by atoms with Gasteiger partial charge < -0.3 is 16.2 Å². The average Bonchev–Trinajstić information content (AvgIpc) is 2.17. The molecule has 1 atom stereocenters. The molecule has 1 rings (SSSR count). The molecule has 0 aromatic heterocycles. The lowest BCUT2D eigenvalue weighted by molar-refractivity contribution is -0.119. The fourth-order valence-corrected chi connectivity index (χ4v) is 1.21. The fourth-order valence-electron chi connectivity index (χ4n) is 1.21. The molecule has 4 nitrogen and oxygen atoms in total. The third kappa shape index (κ3) is 2.55. The molecule has 4 heteroatoms. The van der Waals surface area contributed by atoms with E-state index in [0.29, 0.717) is 12.2 Å². The summed E-state index contributed by atoms with van der Waals surface area (Å²) in [4.78, 5) is 10.8. The maximum Gasteiger partial charge on any atom is 0.238 e.